The summed E-state index contributed by atoms with van der Waals surface area (Å²) >= 11 is 19.0. The molecule has 6 nitrogen and oxygen atoms in total. The second-order valence-corrected chi connectivity index (χ2v) is 10.2. The van der Waals surface area contributed by atoms with Crippen LogP contribution in [0.4, 0.5) is 5.69 Å². The highest BCUT2D eigenvalue weighted by Gasteiger charge is 2.38. The lowest BCUT2D eigenvalue weighted by Gasteiger charge is -2.12. The van der Waals surface area contributed by atoms with Gasteiger partial charge in [0.15, 0.2) is 4.32 Å². The molecule has 3 heterocycles. The Morgan fingerprint density at radius 1 is 1.00 bits per heavy atom. The van der Waals surface area contributed by atoms with Gasteiger partial charge in [0.1, 0.15) is 17.2 Å². The summed E-state index contributed by atoms with van der Waals surface area (Å²) in [6.07, 6.45) is 1.61. The molecule has 1 amide bonds. The highest BCUT2D eigenvalue weighted by atomic mass is 35.5. The van der Waals surface area contributed by atoms with Crippen LogP contribution in [0.15, 0.2) is 74.8 Å². The molecule has 4 aromatic rings. The zero-order valence-electron chi connectivity index (χ0n) is 18.5. The number of furan rings is 1. The predicted octanol–water partition coefficient (Wildman–Crippen LogP) is 6.46. The van der Waals surface area contributed by atoms with Crippen LogP contribution >= 0.6 is 47.2 Å². The molecule has 1 aliphatic heterocycles. The van der Waals surface area contributed by atoms with Gasteiger partial charge in [-0.1, -0.05) is 71.4 Å². The summed E-state index contributed by atoms with van der Waals surface area (Å²) in [6, 6.07) is 18.0. The van der Waals surface area contributed by atoms with Gasteiger partial charge in [0.25, 0.3) is 11.5 Å². The topological polar surface area (TPSA) is 60.4 Å². The minimum Gasteiger partial charge on any atom is -0.457 e. The Bertz CT molecular complexity index is 1590. The molecule has 5 rings (SSSR count). The average molecular weight is 542 g/mol. The molecule has 0 aliphatic carbocycles. The van der Waals surface area contributed by atoms with E-state index in [2.05, 4.69) is 0 Å². The van der Waals surface area contributed by atoms with E-state index in [-0.39, 0.29) is 21.5 Å². The number of thiocarbonyl (C=S) groups is 1. The average Bonchev–Trinajstić information content (AvgIpc) is 3.47. The monoisotopic (exact) mass is 541 g/mol. The summed E-state index contributed by atoms with van der Waals surface area (Å²) < 4.78 is 9.40. The Kier molecular flexibility index (Phi) is 6.23. The maximum Gasteiger partial charge on any atom is 0.296 e. The second kappa shape index (κ2) is 9.20. The first-order valence-electron chi connectivity index (χ1n) is 10.4. The summed E-state index contributed by atoms with van der Waals surface area (Å²) in [6.45, 7) is 1.78. The molecule has 2 aromatic heterocycles. The number of anilines is 1. The number of aromatic nitrogens is 2. The van der Waals surface area contributed by atoms with Crippen molar-refractivity contribution in [2.45, 2.75) is 6.92 Å². The number of benzene rings is 2. The van der Waals surface area contributed by atoms with Crippen LogP contribution < -0.4 is 10.5 Å². The van der Waals surface area contributed by atoms with Gasteiger partial charge in [-0.25, -0.2) is 4.68 Å². The van der Waals surface area contributed by atoms with Crippen LogP contribution in [0.25, 0.3) is 23.1 Å². The molecule has 1 saturated heterocycles. The van der Waals surface area contributed by atoms with Gasteiger partial charge >= 0.3 is 0 Å². The molecule has 176 valence electrons. The number of thioether (sulfide) groups is 1. The Labute approximate surface area is 220 Å². The quantitative estimate of drug-likeness (QED) is 0.219. The van der Waals surface area contributed by atoms with Crippen molar-refractivity contribution in [3.63, 3.8) is 0 Å². The Hall–Kier alpha value is -3.04. The van der Waals surface area contributed by atoms with Crippen molar-refractivity contribution < 1.29 is 9.21 Å². The minimum atomic E-state index is -0.384. The van der Waals surface area contributed by atoms with Crippen LogP contribution in [0.5, 0.6) is 0 Å². The van der Waals surface area contributed by atoms with Gasteiger partial charge in [-0.2, -0.15) is 0 Å². The third-order valence-electron chi connectivity index (χ3n) is 5.66. The molecule has 1 aliphatic rings. The summed E-state index contributed by atoms with van der Waals surface area (Å²) in [5, 5.41) is 0.804. The van der Waals surface area contributed by atoms with Gasteiger partial charge in [-0.15, -0.1) is 0 Å². The summed E-state index contributed by atoms with van der Waals surface area (Å²) in [5.74, 6) is 0.580. The molecule has 0 radical (unpaired) electrons. The second-order valence-electron chi connectivity index (χ2n) is 7.73. The number of halogens is 2. The Balaban J connectivity index is 1.50. The lowest BCUT2D eigenvalue weighted by atomic mass is 10.2. The molecule has 0 spiro atoms. The van der Waals surface area contributed by atoms with Crippen LogP contribution in [0.2, 0.25) is 10.0 Å². The van der Waals surface area contributed by atoms with Crippen LogP contribution in [0.3, 0.4) is 0 Å². The lowest BCUT2D eigenvalue weighted by Crippen LogP contribution is -2.33. The standard InChI is InChI=1S/C25H17Cl2N3O3S2/c1-14-22(24(32)30(28(14)2)15-7-4-3-5-8-15)29-23(31)20(35-25(29)34)13-16-11-12-19(33-16)17-9-6-10-18(26)21(17)27/h3-13H,1-2H3/b20-13+. The number of amides is 1. The molecule has 2 aromatic carbocycles. The maximum absolute atomic E-state index is 13.4. The van der Waals surface area contributed by atoms with Crippen LogP contribution in [-0.2, 0) is 11.8 Å². The van der Waals surface area contributed by atoms with Crippen LogP contribution in [-0.4, -0.2) is 19.6 Å². The highest BCUT2D eigenvalue weighted by molar-refractivity contribution is 8.27. The van der Waals surface area contributed by atoms with E-state index >= 15 is 0 Å². The number of carbonyl (C=O) groups excluding carboxylic acids is 1. The zero-order valence-corrected chi connectivity index (χ0v) is 21.6. The van der Waals surface area contributed by atoms with Gasteiger partial charge in [-0.3, -0.25) is 19.2 Å². The summed E-state index contributed by atoms with van der Waals surface area (Å²) in [4.78, 5) is 28.4. The number of carbonyl (C=O) groups is 1. The van der Waals surface area contributed by atoms with E-state index in [0.29, 0.717) is 43.4 Å². The maximum atomic E-state index is 13.4. The van der Waals surface area contributed by atoms with Crippen LogP contribution in [0.1, 0.15) is 11.5 Å². The predicted molar refractivity (Wildman–Crippen MR) is 146 cm³/mol. The summed E-state index contributed by atoms with van der Waals surface area (Å²) in [5.41, 5.74) is 1.86. The van der Waals surface area contributed by atoms with Crippen molar-refractivity contribution in [2.75, 3.05) is 4.90 Å². The Morgan fingerprint density at radius 2 is 1.74 bits per heavy atom. The first-order chi connectivity index (χ1) is 16.8. The van der Waals surface area contributed by atoms with Crippen molar-refractivity contribution in [3.8, 4) is 17.0 Å². The van der Waals surface area contributed by atoms with E-state index in [0.717, 1.165) is 11.8 Å². The molecule has 0 saturated carbocycles. The van der Waals surface area contributed by atoms with Crippen molar-refractivity contribution in [3.05, 3.63) is 97.4 Å². The molecular weight excluding hydrogens is 525 g/mol. The third-order valence-corrected chi connectivity index (χ3v) is 7.78. The van der Waals surface area contributed by atoms with Crippen molar-refractivity contribution in [1.82, 2.24) is 9.36 Å². The number of hydrogen-bond donors (Lipinski definition) is 0. The van der Waals surface area contributed by atoms with Crippen molar-refractivity contribution in [2.24, 2.45) is 7.05 Å². The Morgan fingerprint density at radius 3 is 2.49 bits per heavy atom. The highest BCUT2D eigenvalue weighted by Crippen LogP contribution is 2.38. The van der Waals surface area contributed by atoms with Gasteiger partial charge in [0.2, 0.25) is 0 Å². The molecule has 1 fully saturated rings. The van der Waals surface area contributed by atoms with E-state index in [1.54, 1.807) is 55.1 Å². The third kappa shape index (κ3) is 4.06. The number of nitrogens with zero attached hydrogens (tertiary/aromatic N) is 3. The minimum absolute atomic E-state index is 0.230. The fraction of sp³-hybridized carbons (Fsp3) is 0.0800. The van der Waals surface area contributed by atoms with Crippen LogP contribution in [0, 0.1) is 6.92 Å². The van der Waals surface area contributed by atoms with Gasteiger partial charge in [-0.05, 0) is 43.3 Å². The van der Waals surface area contributed by atoms with E-state index in [1.807, 2.05) is 30.3 Å². The number of rotatable bonds is 4. The molecule has 0 N–H and O–H groups in total. The van der Waals surface area contributed by atoms with Crippen molar-refractivity contribution >= 4 is 69.2 Å². The smallest absolute Gasteiger partial charge is 0.296 e. The largest absolute Gasteiger partial charge is 0.457 e. The lowest BCUT2D eigenvalue weighted by molar-refractivity contribution is -0.113. The summed E-state index contributed by atoms with van der Waals surface area (Å²) in [7, 11) is 1.77. The van der Waals surface area contributed by atoms with Gasteiger partial charge in [0, 0.05) is 18.7 Å². The zero-order chi connectivity index (χ0) is 24.9. The first kappa shape index (κ1) is 23.7. The van der Waals surface area contributed by atoms with Gasteiger partial charge < -0.3 is 4.42 Å². The van der Waals surface area contributed by atoms with E-state index in [4.69, 9.17) is 39.8 Å². The fourth-order valence-electron chi connectivity index (χ4n) is 3.87. The number of hydrogen-bond acceptors (Lipinski definition) is 5. The van der Waals surface area contributed by atoms with E-state index < -0.39 is 0 Å². The molecule has 10 heteroatoms. The molecular formula is C25H17Cl2N3O3S2. The van der Waals surface area contributed by atoms with Crippen molar-refractivity contribution in [1.29, 1.82) is 0 Å². The van der Waals surface area contributed by atoms with E-state index in [9.17, 15) is 9.59 Å². The first-order valence-corrected chi connectivity index (χ1v) is 12.4. The molecule has 35 heavy (non-hydrogen) atoms. The molecule has 0 atom stereocenters. The molecule has 0 unspecified atom stereocenters. The number of para-hydroxylation sites is 1. The fourth-order valence-corrected chi connectivity index (χ4v) is 5.52. The normalized spacial score (nSPS) is 15.0. The van der Waals surface area contributed by atoms with Gasteiger partial charge in [0.05, 0.1) is 26.3 Å². The van der Waals surface area contributed by atoms with E-state index in [1.165, 1.54) is 9.58 Å². The molecule has 0 bridgehead atoms. The SMILES string of the molecule is Cc1c(N2C(=O)/C(=C\c3ccc(-c4cccc(Cl)c4Cl)o3)SC2=S)c(=O)n(-c2ccccc2)n1C.